The van der Waals surface area contributed by atoms with Crippen molar-refractivity contribution >= 4 is 29.1 Å². The summed E-state index contributed by atoms with van der Waals surface area (Å²) >= 11 is 1.48. The number of fused-ring (bicyclic) bond motifs is 1. The molecule has 0 unspecified atom stereocenters. The fraction of sp³-hybridized carbons (Fsp3) is 0.174. The maximum atomic E-state index is 11.7. The van der Waals surface area contributed by atoms with Crippen LogP contribution in [0.3, 0.4) is 0 Å². The Balaban J connectivity index is 1.77. The van der Waals surface area contributed by atoms with Gasteiger partial charge in [0.15, 0.2) is 6.61 Å². The van der Waals surface area contributed by atoms with Crippen molar-refractivity contribution in [3.63, 3.8) is 0 Å². The molecule has 0 fully saturated rings. The van der Waals surface area contributed by atoms with E-state index in [-0.39, 0.29) is 12.5 Å². The van der Waals surface area contributed by atoms with Gasteiger partial charge in [-0.05, 0) is 37.3 Å². The lowest BCUT2D eigenvalue weighted by molar-refractivity contribution is -0.118. The van der Waals surface area contributed by atoms with Crippen molar-refractivity contribution in [3.05, 3.63) is 70.9 Å². The number of aromatic nitrogens is 1. The van der Waals surface area contributed by atoms with Gasteiger partial charge in [-0.2, -0.15) is 5.10 Å². The Kier molecular flexibility index (Phi) is 6.28. The van der Waals surface area contributed by atoms with Crippen molar-refractivity contribution in [2.75, 3.05) is 25.1 Å². The lowest BCUT2D eigenvalue weighted by Gasteiger charge is -2.18. The summed E-state index contributed by atoms with van der Waals surface area (Å²) in [5, 5.41) is 9.55. The van der Waals surface area contributed by atoms with Crippen LogP contribution in [0.1, 0.15) is 12.5 Å². The van der Waals surface area contributed by atoms with E-state index in [9.17, 15) is 4.79 Å². The number of benzene rings is 2. The van der Waals surface area contributed by atoms with E-state index in [1.807, 2.05) is 54.8 Å². The number of nitrogens with one attached hydrogen (secondary N) is 1. The molecule has 0 saturated carbocycles. The number of nitrogens with zero attached hydrogens (tertiary/aromatic N) is 3. The van der Waals surface area contributed by atoms with Gasteiger partial charge in [-0.15, -0.1) is 17.9 Å². The van der Waals surface area contributed by atoms with E-state index in [1.165, 1.54) is 11.3 Å². The first-order chi connectivity index (χ1) is 15.2. The van der Waals surface area contributed by atoms with Crippen LogP contribution in [0.5, 0.6) is 11.5 Å². The first-order valence-corrected chi connectivity index (χ1v) is 10.7. The van der Waals surface area contributed by atoms with Crippen molar-refractivity contribution in [1.29, 1.82) is 0 Å². The number of anilines is 1. The van der Waals surface area contributed by atoms with Gasteiger partial charge in [0, 0.05) is 16.5 Å². The third-order valence-electron chi connectivity index (χ3n) is 4.48. The van der Waals surface area contributed by atoms with Crippen LogP contribution in [0.4, 0.5) is 5.69 Å². The number of para-hydroxylation sites is 1. The van der Waals surface area contributed by atoms with Gasteiger partial charge in [0.2, 0.25) is 4.80 Å². The highest BCUT2D eigenvalue weighted by molar-refractivity contribution is 7.07. The van der Waals surface area contributed by atoms with Gasteiger partial charge in [-0.25, -0.2) is 4.68 Å². The van der Waals surface area contributed by atoms with Crippen molar-refractivity contribution < 1.29 is 14.3 Å². The number of rotatable bonds is 7. The summed E-state index contributed by atoms with van der Waals surface area (Å²) in [5.41, 5.74) is 3.24. The molecule has 158 valence electrons. The first kappa shape index (κ1) is 20.6. The van der Waals surface area contributed by atoms with Crippen LogP contribution in [0, 0.1) is 0 Å². The molecule has 2 aromatic carbocycles. The topological polar surface area (TPSA) is 77.2 Å². The molecule has 31 heavy (non-hydrogen) atoms. The number of carbonyl (C=O) groups is 1. The smallest absolute Gasteiger partial charge is 0.262 e. The summed E-state index contributed by atoms with van der Waals surface area (Å²) in [7, 11) is 0. The summed E-state index contributed by atoms with van der Waals surface area (Å²) in [4.78, 5) is 17.0. The second kappa shape index (κ2) is 9.44. The van der Waals surface area contributed by atoms with E-state index in [2.05, 4.69) is 16.9 Å². The molecule has 1 aliphatic rings. The van der Waals surface area contributed by atoms with Gasteiger partial charge < -0.3 is 14.8 Å². The Morgan fingerprint density at radius 3 is 3.03 bits per heavy atom. The number of thiazole rings is 1. The fourth-order valence-corrected chi connectivity index (χ4v) is 3.94. The molecule has 0 saturated heterocycles. The van der Waals surface area contributed by atoms with Gasteiger partial charge in [0.05, 0.1) is 30.7 Å². The molecule has 0 aliphatic carbocycles. The van der Waals surface area contributed by atoms with Crippen LogP contribution in [0.2, 0.25) is 0 Å². The minimum absolute atomic E-state index is 0.0267. The molecule has 0 atom stereocenters. The zero-order valence-corrected chi connectivity index (χ0v) is 17.9. The Morgan fingerprint density at radius 2 is 2.19 bits per heavy atom. The van der Waals surface area contributed by atoms with Crippen LogP contribution in [-0.4, -0.2) is 36.6 Å². The Morgan fingerprint density at radius 1 is 1.32 bits per heavy atom. The van der Waals surface area contributed by atoms with E-state index in [1.54, 1.807) is 17.0 Å². The molecular formula is C23H22N4O3S. The molecule has 1 aliphatic heterocycles. The fourth-order valence-electron chi connectivity index (χ4n) is 3.10. The Bertz CT molecular complexity index is 1210. The lowest BCUT2D eigenvalue weighted by Crippen LogP contribution is -2.25. The third kappa shape index (κ3) is 4.59. The van der Waals surface area contributed by atoms with Crippen molar-refractivity contribution in [3.8, 4) is 22.8 Å². The van der Waals surface area contributed by atoms with Crippen LogP contribution in [0.25, 0.3) is 11.3 Å². The van der Waals surface area contributed by atoms with Gasteiger partial charge >= 0.3 is 0 Å². The minimum atomic E-state index is -0.171. The quantitative estimate of drug-likeness (QED) is 0.452. The van der Waals surface area contributed by atoms with E-state index < -0.39 is 0 Å². The lowest BCUT2D eigenvalue weighted by atomic mass is 10.1. The molecule has 0 bridgehead atoms. The predicted octanol–water partition coefficient (Wildman–Crippen LogP) is 3.92. The van der Waals surface area contributed by atoms with E-state index in [0.717, 1.165) is 27.4 Å². The number of hydrogen-bond donors (Lipinski definition) is 1. The maximum absolute atomic E-state index is 11.7. The SMILES string of the molecule is C=CCN=c1scc(-c2ccc3c(c2)NC(=O)CO3)n1N=Cc1ccccc1OCC. The molecule has 7 nitrogen and oxygen atoms in total. The third-order valence-corrected chi connectivity index (χ3v) is 5.33. The van der Waals surface area contributed by atoms with Gasteiger partial charge in [-0.3, -0.25) is 9.79 Å². The minimum Gasteiger partial charge on any atom is -0.493 e. The monoisotopic (exact) mass is 434 g/mol. The molecule has 1 aromatic heterocycles. The molecule has 1 N–H and O–H groups in total. The summed E-state index contributed by atoms with van der Waals surface area (Å²) < 4.78 is 12.9. The first-order valence-electron chi connectivity index (χ1n) is 9.84. The number of ether oxygens (including phenoxy) is 2. The molecule has 0 spiro atoms. The summed E-state index contributed by atoms with van der Waals surface area (Å²) in [6.07, 6.45) is 3.50. The molecule has 4 rings (SSSR count). The number of amides is 1. The molecule has 2 heterocycles. The van der Waals surface area contributed by atoms with Gasteiger partial charge in [0.1, 0.15) is 11.5 Å². The number of hydrogen-bond acceptors (Lipinski definition) is 6. The second-order valence-electron chi connectivity index (χ2n) is 6.61. The molecule has 8 heteroatoms. The van der Waals surface area contributed by atoms with E-state index in [4.69, 9.17) is 14.6 Å². The maximum Gasteiger partial charge on any atom is 0.262 e. The highest BCUT2D eigenvalue weighted by Crippen LogP contribution is 2.33. The Labute approximate surface area is 184 Å². The summed E-state index contributed by atoms with van der Waals surface area (Å²) in [6.45, 7) is 6.78. The van der Waals surface area contributed by atoms with Crippen LogP contribution < -0.4 is 19.6 Å². The zero-order valence-electron chi connectivity index (χ0n) is 17.1. The average Bonchev–Trinajstić information content (AvgIpc) is 3.19. The van der Waals surface area contributed by atoms with Crippen LogP contribution in [-0.2, 0) is 4.79 Å². The van der Waals surface area contributed by atoms with Crippen molar-refractivity contribution in [2.24, 2.45) is 10.1 Å². The standard InChI is InChI=1S/C23H22N4O3S/c1-3-11-24-23-27(25-13-17-7-5-6-8-20(17)29-4-2)19(15-31-23)16-9-10-21-18(12-16)26-22(28)14-30-21/h3,5-10,12-13,15H,1,4,11,14H2,2H3,(H,26,28). The number of carbonyl (C=O) groups excluding carboxylic acids is 1. The van der Waals surface area contributed by atoms with Crippen molar-refractivity contribution in [2.45, 2.75) is 6.92 Å². The van der Waals surface area contributed by atoms with Crippen LogP contribution >= 0.6 is 11.3 Å². The normalized spacial score (nSPS) is 13.6. The summed E-state index contributed by atoms with van der Waals surface area (Å²) in [6, 6.07) is 13.4. The molecule has 1 amide bonds. The van der Waals surface area contributed by atoms with Crippen molar-refractivity contribution in [1.82, 2.24) is 4.68 Å². The highest BCUT2D eigenvalue weighted by Gasteiger charge is 2.17. The molecular weight excluding hydrogens is 412 g/mol. The molecule has 0 radical (unpaired) electrons. The zero-order chi connectivity index (χ0) is 21.6. The average molecular weight is 435 g/mol. The summed E-state index contributed by atoms with van der Waals surface area (Å²) in [5.74, 6) is 1.25. The van der Waals surface area contributed by atoms with Gasteiger partial charge in [-0.1, -0.05) is 18.2 Å². The largest absolute Gasteiger partial charge is 0.493 e. The van der Waals surface area contributed by atoms with E-state index in [0.29, 0.717) is 24.6 Å². The van der Waals surface area contributed by atoms with E-state index >= 15 is 0 Å². The Hall–Kier alpha value is -3.65. The predicted molar refractivity (Wildman–Crippen MR) is 123 cm³/mol. The van der Waals surface area contributed by atoms with Crippen LogP contribution in [0.15, 0.2) is 70.6 Å². The highest BCUT2D eigenvalue weighted by atomic mass is 32.1. The van der Waals surface area contributed by atoms with Gasteiger partial charge in [0.25, 0.3) is 5.91 Å². The second-order valence-corrected chi connectivity index (χ2v) is 7.44. The molecule has 3 aromatic rings.